The van der Waals surface area contributed by atoms with Crippen molar-refractivity contribution in [2.45, 2.75) is 12.5 Å². The molecule has 3 rings (SSSR count). The summed E-state index contributed by atoms with van der Waals surface area (Å²) in [5.41, 5.74) is 3.59. The van der Waals surface area contributed by atoms with Crippen molar-refractivity contribution in [1.82, 2.24) is 10.2 Å². The number of nitrogens with one attached hydrogen (secondary N) is 2. The average Bonchev–Trinajstić information content (AvgIpc) is 3.34. The van der Waals surface area contributed by atoms with Gasteiger partial charge in [-0.15, -0.1) is 11.3 Å². The summed E-state index contributed by atoms with van der Waals surface area (Å²) in [6, 6.07) is 9.28. The molecular formula is C20H24ClN5O2S. The average molecular weight is 434 g/mol. The summed E-state index contributed by atoms with van der Waals surface area (Å²) in [6.45, 7) is 0.363. The smallest absolute Gasteiger partial charge is 0.261 e. The Hall–Kier alpha value is -2.58. The van der Waals surface area contributed by atoms with Crippen molar-refractivity contribution in [3.8, 4) is 0 Å². The summed E-state index contributed by atoms with van der Waals surface area (Å²) in [7, 11) is 7.62. The van der Waals surface area contributed by atoms with Crippen LogP contribution in [0.15, 0.2) is 35.5 Å². The van der Waals surface area contributed by atoms with E-state index < -0.39 is 0 Å². The van der Waals surface area contributed by atoms with Crippen LogP contribution in [-0.4, -0.2) is 63.2 Å². The second kappa shape index (κ2) is 8.84. The monoisotopic (exact) mass is 433 g/mol. The SMILES string of the molecule is CN(C)C(=N)c1ccc(C2=NOC(CNC(=O)c3ccc(Cl)s3)C2)c(N(C)C)c1. The van der Waals surface area contributed by atoms with E-state index in [4.69, 9.17) is 21.8 Å². The molecular weight excluding hydrogens is 410 g/mol. The molecule has 1 aliphatic rings. The van der Waals surface area contributed by atoms with Gasteiger partial charge in [0.2, 0.25) is 0 Å². The fourth-order valence-electron chi connectivity index (χ4n) is 2.98. The van der Waals surface area contributed by atoms with Crippen molar-refractivity contribution in [3.05, 3.63) is 50.7 Å². The van der Waals surface area contributed by atoms with E-state index in [1.807, 2.05) is 51.3 Å². The Kier molecular flexibility index (Phi) is 6.44. The van der Waals surface area contributed by atoms with Crippen molar-refractivity contribution in [2.75, 3.05) is 39.6 Å². The van der Waals surface area contributed by atoms with E-state index in [1.165, 1.54) is 11.3 Å². The zero-order chi connectivity index (χ0) is 21.1. The van der Waals surface area contributed by atoms with Crippen LogP contribution in [0.3, 0.4) is 0 Å². The molecule has 0 aliphatic carbocycles. The van der Waals surface area contributed by atoms with E-state index in [9.17, 15) is 4.79 Å². The van der Waals surface area contributed by atoms with Crippen LogP contribution in [0.4, 0.5) is 5.69 Å². The first-order valence-corrected chi connectivity index (χ1v) is 10.3. The van der Waals surface area contributed by atoms with Gasteiger partial charge in [0.25, 0.3) is 5.91 Å². The van der Waals surface area contributed by atoms with Crippen LogP contribution in [0.5, 0.6) is 0 Å². The van der Waals surface area contributed by atoms with Crippen LogP contribution < -0.4 is 10.2 Å². The second-order valence-electron chi connectivity index (χ2n) is 7.15. The number of benzene rings is 1. The molecule has 154 valence electrons. The lowest BCUT2D eigenvalue weighted by Gasteiger charge is -2.20. The molecule has 0 fully saturated rings. The summed E-state index contributed by atoms with van der Waals surface area (Å²) in [4.78, 5) is 22.1. The van der Waals surface area contributed by atoms with E-state index in [1.54, 1.807) is 17.0 Å². The van der Waals surface area contributed by atoms with Gasteiger partial charge in [-0.3, -0.25) is 10.2 Å². The van der Waals surface area contributed by atoms with Gasteiger partial charge in [0.15, 0.2) is 0 Å². The summed E-state index contributed by atoms with van der Waals surface area (Å²) in [5.74, 6) is 0.276. The minimum atomic E-state index is -0.223. The highest BCUT2D eigenvalue weighted by atomic mass is 35.5. The van der Waals surface area contributed by atoms with Crippen LogP contribution in [0, 0.1) is 5.41 Å². The predicted molar refractivity (Wildman–Crippen MR) is 119 cm³/mol. The molecule has 29 heavy (non-hydrogen) atoms. The summed E-state index contributed by atoms with van der Waals surface area (Å²) < 4.78 is 0.583. The molecule has 2 heterocycles. The van der Waals surface area contributed by atoms with Crippen LogP contribution >= 0.6 is 22.9 Å². The molecule has 1 amide bonds. The quantitative estimate of drug-likeness (QED) is 0.541. The number of nitrogens with zero attached hydrogens (tertiary/aromatic N) is 3. The van der Waals surface area contributed by atoms with E-state index >= 15 is 0 Å². The largest absolute Gasteiger partial charge is 0.390 e. The topological polar surface area (TPSA) is 81.0 Å². The number of rotatable bonds is 6. The van der Waals surface area contributed by atoms with E-state index in [2.05, 4.69) is 10.5 Å². The maximum atomic E-state index is 12.2. The van der Waals surface area contributed by atoms with Crippen molar-refractivity contribution < 1.29 is 9.63 Å². The predicted octanol–water partition coefficient (Wildman–Crippen LogP) is 3.28. The first-order chi connectivity index (χ1) is 13.8. The Balaban J connectivity index is 1.67. The Bertz CT molecular complexity index is 954. The lowest BCUT2D eigenvalue weighted by Crippen LogP contribution is -2.32. The van der Waals surface area contributed by atoms with Crippen molar-refractivity contribution in [1.29, 1.82) is 5.41 Å². The number of oxime groups is 1. The van der Waals surface area contributed by atoms with Gasteiger partial charge < -0.3 is 20.0 Å². The zero-order valence-electron chi connectivity index (χ0n) is 16.8. The highest BCUT2D eigenvalue weighted by molar-refractivity contribution is 7.18. The number of anilines is 1. The fourth-order valence-corrected chi connectivity index (χ4v) is 3.94. The zero-order valence-corrected chi connectivity index (χ0v) is 18.4. The fraction of sp³-hybridized carbons (Fsp3) is 0.350. The molecule has 1 unspecified atom stereocenters. The standard InChI is InChI=1S/C20H24ClN5O2S/c1-25(2)16-9-12(19(22)26(3)4)5-6-14(16)15-10-13(28-24-15)11-23-20(27)17-7-8-18(21)29-17/h5-9,13,22H,10-11H2,1-4H3,(H,23,27). The van der Waals surface area contributed by atoms with Gasteiger partial charge in [-0.25, -0.2) is 0 Å². The summed E-state index contributed by atoms with van der Waals surface area (Å²) >= 11 is 7.13. The molecule has 9 heteroatoms. The number of thiophene rings is 1. The molecule has 1 aromatic carbocycles. The van der Waals surface area contributed by atoms with Crippen molar-refractivity contribution in [2.24, 2.45) is 5.16 Å². The summed E-state index contributed by atoms with van der Waals surface area (Å²) in [5, 5.41) is 15.3. The van der Waals surface area contributed by atoms with Gasteiger partial charge >= 0.3 is 0 Å². The number of halogens is 1. The highest BCUT2D eigenvalue weighted by Gasteiger charge is 2.25. The maximum Gasteiger partial charge on any atom is 0.261 e. The molecule has 0 radical (unpaired) electrons. The minimum absolute atomic E-state index is 0.167. The molecule has 2 aromatic rings. The molecule has 0 saturated carbocycles. The van der Waals surface area contributed by atoms with Crippen LogP contribution in [0.25, 0.3) is 0 Å². The molecule has 7 nitrogen and oxygen atoms in total. The van der Waals surface area contributed by atoms with Crippen LogP contribution in [-0.2, 0) is 4.84 Å². The molecule has 0 saturated heterocycles. The number of hydrogen-bond donors (Lipinski definition) is 2. The molecule has 1 aliphatic heterocycles. The first-order valence-electron chi connectivity index (χ1n) is 9.10. The molecule has 0 bridgehead atoms. The minimum Gasteiger partial charge on any atom is -0.390 e. The van der Waals surface area contributed by atoms with Gasteiger partial charge in [-0.2, -0.15) is 0 Å². The van der Waals surface area contributed by atoms with Crippen molar-refractivity contribution >= 4 is 46.1 Å². The Labute approximate surface area is 179 Å². The third-order valence-electron chi connectivity index (χ3n) is 4.53. The lowest BCUT2D eigenvalue weighted by atomic mass is 10.00. The normalized spacial score (nSPS) is 15.5. The van der Waals surface area contributed by atoms with Gasteiger partial charge in [0, 0.05) is 51.4 Å². The number of carbonyl (C=O) groups excluding carboxylic acids is 1. The van der Waals surface area contributed by atoms with Crippen LogP contribution in [0.1, 0.15) is 27.2 Å². The van der Waals surface area contributed by atoms with Gasteiger partial charge in [-0.05, 0) is 18.2 Å². The molecule has 0 spiro atoms. The number of amidine groups is 1. The molecule has 2 N–H and O–H groups in total. The number of hydrogen-bond acceptors (Lipinski definition) is 6. The highest BCUT2D eigenvalue weighted by Crippen LogP contribution is 2.27. The van der Waals surface area contributed by atoms with E-state index in [0.717, 1.165) is 22.5 Å². The maximum absolute atomic E-state index is 12.2. The van der Waals surface area contributed by atoms with Crippen LogP contribution in [0.2, 0.25) is 4.34 Å². The molecule has 1 atom stereocenters. The van der Waals surface area contributed by atoms with E-state index in [0.29, 0.717) is 28.0 Å². The lowest BCUT2D eigenvalue weighted by molar-refractivity contribution is 0.0755. The third kappa shape index (κ3) is 4.89. The van der Waals surface area contributed by atoms with Gasteiger partial charge in [-0.1, -0.05) is 28.9 Å². The summed E-state index contributed by atoms with van der Waals surface area (Å²) in [6.07, 6.45) is 0.371. The van der Waals surface area contributed by atoms with E-state index in [-0.39, 0.29) is 12.0 Å². The van der Waals surface area contributed by atoms with Gasteiger partial charge in [0.05, 0.1) is 21.5 Å². The van der Waals surface area contributed by atoms with Gasteiger partial charge in [0.1, 0.15) is 11.9 Å². The number of amides is 1. The Morgan fingerprint density at radius 3 is 2.69 bits per heavy atom. The molecule has 1 aromatic heterocycles. The Morgan fingerprint density at radius 1 is 1.31 bits per heavy atom. The second-order valence-corrected chi connectivity index (χ2v) is 8.87. The Morgan fingerprint density at radius 2 is 2.07 bits per heavy atom. The third-order valence-corrected chi connectivity index (χ3v) is 5.76. The van der Waals surface area contributed by atoms with Crippen molar-refractivity contribution in [3.63, 3.8) is 0 Å². The number of carbonyl (C=O) groups is 1. The first kappa shape index (κ1) is 21.1.